The van der Waals surface area contributed by atoms with Gasteiger partial charge in [0.05, 0.1) is 9.79 Å². The van der Waals surface area contributed by atoms with Crippen molar-refractivity contribution in [2.24, 2.45) is 0 Å². The van der Waals surface area contributed by atoms with Crippen molar-refractivity contribution in [1.82, 2.24) is 9.80 Å². The van der Waals surface area contributed by atoms with Crippen LogP contribution >= 0.6 is 12.4 Å². The van der Waals surface area contributed by atoms with Gasteiger partial charge in [0.2, 0.25) is 0 Å². The lowest BCUT2D eigenvalue weighted by atomic mass is 9.90. The Bertz CT molecular complexity index is 1430. The normalized spacial score (nSPS) is 22.2. The maximum absolute atomic E-state index is 14.2. The fourth-order valence-electron chi connectivity index (χ4n) is 6.10. The summed E-state index contributed by atoms with van der Waals surface area (Å²) in [5.74, 6) is -0.585. The molecule has 16 heteroatoms. The van der Waals surface area contributed by atoms with Gasteiger partial charge in [-0.15, -0.1) is 12.4 Å². The zero-order chi connectivity index (χ0) is 33.2. The van der Waals surface area contributed by atoms with Crippen molar-refractivity contribution in [2.45, 2.75) is 71.9 Å². The van der Waals surface area contributed by atoms with Crippen LogP contribution in [0.4, 0.5) is 26.3 Å². The van der Waals surface area contributed by atoms with Crippen LogP contribution in [0.25, 0.3) is 0 Å². The SMILES string of the molecule is CS(=O)(=O)c1cccc(C2CCCN(C[C@H](O[C@@H](CN3CCCC(c4cccc(S(C)(=O)=O)c4)C3)C(F)(F)F)C(F)(F)F)C2)c1.Cl. The highest BCUT2D eigenvalue weighted by Crippen LogP contribution is 2.35. The molecule has 2 aromatic rings. The number of ether oxygens (including phenoxy) is 1. The molecule has 0 saturated carbocycles. The summed E-state index contributed by atoms with van der Waals surface area (Å²) in [5.41, 5.74) is 1.28. The Morgan fingerprint density at radius 2 is 1.09 bits per heavy atom. The summed E-state index contributed by atoms with van der Waals surface area (Å²) in [4.78, 5) is 3.03. The van der Waals surface area contributed by atoms with E-state index >= 15 is 0 Å². The first-order chi connectivity index (χ1) is 20.8. The van der Waals surface area contributed by atoms with E-state index in [1.54, 1.807) is 24.3 Å². The number of hydrogen-bond donors (Lipinski definition) is 0. The van der Waals surface area contributed by atoms with Gasteiger partial charge in [0.25, 0.3) is 0 Å². The topological polar surface area (TPSA) is 84.0 Å². The molecule has 2 fully saturated rings. The molecule has 46 heavy (non-hydrogen) atoms. The second kappa shape index (κ2) is 15.1. The van der Waals surface area contributed by atoms with Crippen molar-refractivity contribution in [3.05, 3.63) is 59.7 Å². The zero-order valence-corrected chi connectivity index (χ0v) is 27.9. The van der Waals surface area contributed by atoms with E-state index in [9.17, 15) is 43.2 Å². The van der Waals surface area contributed by atoms with Crippen LogP contribution in [-0.4, -0.2) is 103 Å². The first-order valence-corrected chi connectivity index (χ1v) is 18.4. The van der Waals surface area contributed by atoms with Gasteiger partial charge in [-0.2, -0.15) is 26.3 Å². The highest BCUT2D eigenvalue weighted by Gasteiger charge is 2.50. The average Bonchev–Trinajstić information content (AvgIpc) is 2.95. The number of rotatable bonds is 10. The molecule has 2 aliphatic rings. The number of benzene rings is 2. The highest BCUT2D eigenvalue weighted by molar-refractivity contribution is 7.91. The number of hydrogen-bond acceptors (Lipinski definition) is 7. The number of likely N-dealkylation sites (tertiary alicyclic amines) is 2. The quantitative estimate of drug-likeness (QED) is 0.285. The van der Waals surface area contributed by atoms with E-state index in [1.165, 1.54) is 34.1 Å². The van der Waals surface area contributed by atoms with Crippen LogP contribution in [0, 0.1) is 0 Å². The lowest BCUT2D eigenvalue weighted by Crippen LogP contribution is -2.52. The van der Waals surface area contributed by atoms with Gasteiger partial charge in [-0.3, -0.25) is 9.80 Å². The van der Waals surface area contributed by atoms with Gasteiger partial charge >= 0.3 is 12.4 Å². The van der Waals surface area contributed by atoms with Crippen molar-refractivity contribution in [3.8, 4) is 0 Å². The third-order valence-electron chi connectivity index (χ3n) is 8.43. The number of sulfone groups is 2. The minimum Gasteiger partial charge on any atom is -0.353 e. The Morgan fingerprint density at radius 1 is 0.717 bits per heavy atom. The standard InChI is InChI=1S/C30H38F6N2O5S2.ClH/c1-44(39,40)25-11-3-7-21(15-25)23-9-5-13-37(17-23)19-27(29(31,32)33)43-28(30(34,35)36)20-38-14-6-10-24(18-38)22-8-4-12-26(16-22)45(2,41)42;/h3-4,7-8,11-12,15-16,23-24,27-28H,5-6,9-10,13-14,17-20H2,1-2H3;1H/t23?,24?,27-,28-;/m0./s1. The monoisotopic (exact) mass is 720 g/mol. The fourth-order valence-corrected chi connectivity index (χ4v) is 7.45. The molecule has 4 atom stereocenters. The molecule has 2 unspecified atom stereocenters. The van der Waals surface area contributed by atoms with Crippen molar-refractivity contribution in [3.63, 3.8) is 0 Å². The first-order valence-electron chi connectivity index (χ1n) is 14.6. The molecule has 7 nitrogen and oxygen atoms in total. The Labute approximate surface area is 272 Å². The minimum atomic E-state index is -5.07. The van der Waals surface area contributed by atoms with Crippen LogP contribution in [0.5, 0.6) is 0 Å². The molecule has 260 valence electrons. The van der Waals surface area contributed by atoms with Gasteiger partial charge in [-0.1, -0.05) is 24.3 Å². The Morgan fingerprint density at radius 3 is 1.41 bits per heavy atom. The first kappa shape index (κ1) is 38.5. The van der Waals surface area contributed by atoms with Crippen LogP contribution in [0.1, 0.15) is 48.6 Å². The number of alkyl halides is 6. The summed E-state index contributed by atoms with van der Waals surface area (Å²) in [6, 6.07) is 12.4. The Balaban J connectivity index is 0.00000576. The summed E-state index contributed by atoms with van der Waals surface area (Å²) in [6.45, 7) is -0.899. The zero-order valence-electron chi connectivity index (χ0n) is 25.4. The number of nitrogens with zero attached hydrogens (tertiary/aromatic N) is 2. The summed E-state index contributed by atoms with van der Waals surface area (Å²) < 4.78 is 138. The summed E-state index contributed by atoms with van der Waals surface area (Å²) in [7, 11) is -7.00. The summed E-state index contributed by atoms with van der Waals surface area (Å²) in [5, 5.41) is 0. The van der Waals surface area contributed by atoms with Crippen LogP contribution in [0.3, 0.4) is 0 Å². The molecule has 0 spiro atoms. The molecule has 0 aromatic heterocycles. The Hall–Kier alpha value is -1.91. The van der Waals surface area contributed by atoms with Gasteiger partial charge in [0.15, 0.2) is 31.9 Å². The molecule has 0 bridgehead atoms. The van der Waals surface area contributed by atoms with Crippen molar-refractivity contribution < 1.29 is 47.9 Å². The third-order valence-corrected chi connectivity index (χ3v) is 10.7. The Kier molecular flexibility index (Phi) is 12.7. The van der Waals surface area contributed by atoms with E-state index < -0.39 is 57.3 Å². The van der Waals surface area contributed by atoms with Crippen molar-refractivity contribution in [1.29, 1.82) is 0 Å². The highest BCUT2D eigenvalue weighted by atomic mass is 35.5. The van der Waals surface area contributed by atoms with Crippen molar-refractivity contribution >= 4 is 32.1 Å². The molecular weight excluding hydrogens is 682 g/mol. The van der Waals surface area contributed by atoms with Gasteiger partial charge < -0.3 is 4.74 Å². The molecule has 0 N–H and O–H groups in total. The maximum Gasteiger partial charge on any atom is 0.415 e. The van der Waals surface area contributed by atoms with Gasteiger partial charge in [0, 0.05) is 38.7 Å². The average molecular weight is 721 g/mol. The van der Waals surface area contributed by atoms with E-state index in [0.29, 0.717) is 36.8 Å². The smallest absolute Gasteiger partial charge is 0.353 e. The number of piperidine rings is 2. The van der Waals surface area contributed by atoms with E-state index in [1.807, 2.05) is 0 Å². The van der Waals surface area contributed by atoms with E-state index in [2.05, 4.69) is 0 Å². The molecule has 0 aliphatic carbocycles. The predicted molar refractivity (Wildman–Crippen MR) is 164 cm³/mol. The second-order valence-electron chi connectivity index (χ2n) is 12.1. The molecular formula is C30H39ClF6N2O5S2. The van der Waals surface area contributed by atoms with Crippen LogP contribution in [-0.2, 0) is 24.4 Å². The van der Waals surface area contributed by atoms with Crippen molar-refractivity contribution in [2.75, 3.05) is 51.8 Å². The predicted octanol–water partition coefficient (Wildman–Crippen LogP) is 5.85. The molecule has 0 amide bonds. The summed E-state index contributed by atoms with van der Waals surface area (Å²) in [6.07, 6.45) is -11.3. The lowest BCUT2D eigenvalue weighted by molar-refractivity contribution is -0.290. The third kappa shape index (κ3) is 10.5. The van der Waals surface area contributed by atoms with Crippen LogP contribution < -0.4 is 0 Å². The van der Waals surface area contributed by atoms with E-state index in [-0.39, 0.29) is 60.2 Å². The lowest BCUT2D eigenvalue weighted by Gasteiger charge is -2.39. The molecule has 4 rings (SSSR count). The van der Waals surface area contributed by atoms with E-state index in [0.717, 1.165) is 12.5 Å². The molecule has 2 heterocycles. The molecule has 2 saturated heterocycles. The number of halogens is 7. The van der Waals surface area contributed by atoms with Crippen LogP contribution in [0.2, 0.25) is 0 Å². The molecule has 2 aliphatic heterocycles. The maximum atomic E-state index is 14.2. The molecule has 2 aromatic carbocycles. The second-order valence-corrected chi connectivity index (χ2v) is 16.1. The summed E-state index contributed by atoms with van der Waals surface area (Å²) >= 11 is 0. The fraction of sp³-hybridized carbons (Fsp3) is 0.600. The van der Waals surface area contributed by atoms with Crippen LogP contribution in [0.15, 0.2) is 58.3 Å². The van der Waals surface area contributed by atoms with Gasteiger partial charge in [-0.25, -0.2) is 16.8 Å². The molecule has 0 radical (unpaired) electrons. The minimum absolute atomic E-state index is 0. The largest absolute Gasteiger partial charge is 0.415 e. The van der Waals surface area contributed by atoms with Gasteiger partial charge in [0.1, 0.15) is 0 Å². The van der Waals surface area contributed by atoms with E-state index in [4.69, 9.17) is 4.74 Å². The van der Waals surface area contributed by atoms with Gasteiger partial charge in [-0.05, 0) is 86.0 Å².